The molecule has 7 heteroatoms. The third-order valence-electron chi connectivity index (χ3n) is 2.49. The fourth-order valence-electron chi connectivity index (χ4n) is 1.49. The Morgan fingerprint density at radius 2 is 1.86 bits per heavy atom. The summed E-state index contributed by atoms with van der Waals surface area (Å²) in [5.74, 6) is -0.468. The van der Waals surface area contributed by atoms with Crippen LogP contribution in [0.1, 0.15) is 5.56 Å². The van der Waals surface area contributed by atoms with Crippen LogP contribution in [0, 0.1) is 5.82 Å². The molecule has 2 rings (SSSR count). The van der Waals surface area contributed by atoms with Crippen LogP contribution >= 0.6 is 12.2 Å². The second-order valence-electron chi connectivity index (χ2n) is 4.07. The minimum atomic E-state index is -0.333. The first-order valence-electron chi connectivity index (χ1n) is 5.92. The number of hydrazone groups is 1. The molecule has 0 radical (unpaired) electrons. The molecule has 0 bridgehead atoms. The SMILES string of the molecule is Oc1ccc(/C=N/NC(=S)Nc2ccc(F)cc2)c(O)c1. The first-order valence-corrected chi connectivity index (χ1v) is 6.33. The molecule has 5 nitrogen and oxygen atoms in total. The van der Waals surface area contributed by atoms with Crippen LogP contribution in [0.4, 0.5) is 10.1 Å². The van der Waals surface area contributed by atoms with Gasteiger partial charge in [-0.1, -0.05) is 0 Å². The van der Waals surface area contributed by atoms with Crippen molar-refractivity contribution in [3.63, 3.8) is 0 Å². The van der Waals surface area contributed by atoms with Crippen molar-refractivity contribution in [2.24, 2.45) is 5.10 Å². The summed E-state index contributed by atoms with van der Waals surface area (Å²) in [5.41, 5.74) is 3.60. The summed E-state index contributed by atoms with van der Waals surface area (Å²) in [4.78, 5) is 0. The zero-order chi connectivity index (χ0) is 15.2. The summed E-state index contributed by atoms with van der Waals surface area (Å²) in [6.45, 7) is 0. The molecule has 0 saturated heterocycles. The maximum Gasteiger partial charge on any atom is 0.191 e. The van der Waals surface area contributed by atoms with E-state index < -0.39 is 0 Å². The quantitative estimate of drug-likeness (QED) is 0.398. The Balaban J connectivity index is 1.91. The van der Waals surface area contributed by atoms with E-state index in [1.807, 2.05) is 0 Å². The third-order valence-corrected chi connectivity index (χ3v) is 2.68. The van der Waals surface area contributed by atoms with E-state index >= 15 is 0 Å². The Morgan fingerprint density at radius 3 is 2.52 bits per heavy atom. The molecule has 0 unspecified atom stereocenters. The van der Waals surface area contributed by atoms with E-state index in [0.717, 1.165) is 0 Å². The summed E-state index contributed by atoms with van der Waals surface area (Å²) in [7, 11) is 0. The van der Waals surface area contributed by atoms with Gasteiger partial charge in [-0.2, -0.15) is 5.10 Å². The number of phenolic OH excluding ortho intramolecular Hbond substituents is 2. The normalized spacial score (nSPS) is 10.5. The van der Waals surface area contributed by atoms with Crippen LogP contribution in [0.25, 0.3) is 0 Å². The smallest absolute Gasteiger partial charge is 0.191 e. The fraction of sp³-hybridized carbons (Fsp3) is 0. The van der Waals surface area contributed by atoms with Gasteiger partial charge in [0.05, 0.1) is 6.21 Å². The van der Waals surface area contributed by atoms with Gasteiger partial charge >= 0.3 is 0 Å². The molecule has 21 heavy (non-hydrogen) atoms. The number of anilines is 1. The van der Waals surface area contributed by atoms with Gasteiger partial charge in [-0.05, 0) is 48.6 Å². The van der Waals surface area contributed by atoms with E-state index in [4.69, 9.17) is 17.3 Å². The molecule has 0 aliphatic heterocycles. The van der Waals surface area contributed by atoms with Gasteiger partial charge in [0.2, 0.25) is 0 Å². The van der Waals surface area contributed by atoms with Gasteiger partial charge in [0.1, 0.15) is 17.3 Å². The highest BCUT2D eigenvalue weighted by molar-refractivity contribution is 7.80. The van der Waals surface area contributed by atoms with Crippen molar-refractivity contribution in [1.82, 2.24) is 5.43 Å². The lowest BCUT2D eigenvalue weighted by molar-refractivity contribution is 0.450. The molecule has 0 aliphatic carbocycles. The first kappa shape index (κ1) is 14.7. The Kier molecular flexibility index (Phi) is 4.68. The largest absolute Gasteiger partial charge is 0.508 e. The molecular formula is C14H12FN3O2S. The van der Waals surface area contributed by atoms with Gasteiger partial charge in [-0.3, -0.25) is 5.43 Å². The predicted octanol–water partition coefficient (Wildman–Crippen LogP) is 2.56. The van der Waals surface area contributed by atoms with E-state index in [1.165, 1.54) is 36.5 Å². The van der Waals surface area contributed by atoms with Crippen LogP contribution < -0.4 is 10.7 Å². The number of nitrogens with one attached hydrogen (secondary N) is 2. The molecule has 108 valence electrons. The highest BCUT2D eigenvalue weighted by Crippen LogP contribution is 2.20. The molecule has 4 N–H and O–H groups in total. The van der Waals surface area contributed by atoms with Crippen LogP contribution in [-0.4, -0.2) is 21.5 Å². The maximum atomic E-state index is 12.7. The number of hydrogen-bond donors (Lipinski definition) is 4. The zero-order valence-electron chi connectivity index (χ0n) is 10.7. The van der Waals surface area contributed by atoms with Gasteiger partial charge in [0, 0.05) is 17.3 Å². The number of thiocarbonyl (C=S) groups is 1. The van der Waals surface area contributed by atoms with E-state index in [0.29, 0.717) is 11.3 Å². The number of halogens is 1. The van der Waals surface area contributed by atoms with E-state index in [-0.39, 0.29) is 22.4 Å². The fourth-order valence-corrected chi connectivity index (χ4v) is 1.66. The van der Waals surface area contributed by atoms with Gasteiger partial charge in [-0.15, -0.1) is 0 Å². The van der Waals surface area contributed by atoms with Crippen molar-refractivity contribution in [2.75, 3.05) is 5.32 Å². The van der Waals surface area contributed by atoms with Crippen molar-refractivity contribution in [2.45, 2.75) is 0 Å². The molecule has 0 amide bonds. The van der Waals surface area contributed by atoms with Gasteiger partial charge < -0.3 is 15.5 Å². The third kappa shape index (κ3) is 4.43. The van der Waals surface area contributed by atoms with Crippen LogP contribution in [0.5, 0.6) is 11.5 Å². The minimum Gasteiger partial charge on any atom is -0.508 e. The Labute approximate surface area is 125 Å². The molecule has 0 fully saturated rings. The summed E-state index contributed by atoms with van der Waals surface area (Å²) >= 11 is 5.01. The molecule has 0 aromatic heterocycles. The number of aromatic hydroxyl groups is 2. The average molecular weight is 305 g/mol. The zero-order valence-corrected chi connectivity index (χ0v) is 11.6. The Morgan fingerprint density at radius 1 is 1.14 bits per heavy atom. The molecule has 2 aromatic carbocycles. The molecule has 0 spiro atoms. The molecule has 0 atom stereocenters. The lowest BCUT2D eigenvalue weighted by Gasteiger charge is -2.06. The lowest BCUT2D eigenvalue weighted by atomic mass is 10.2. The van der Waals surface area contributed by atoms with E-state index in [9.17, 15) is 9.50 Å². The molecule has 0 heterocycles. The van der Waals surface area contributed by atoms with Crippen molar-refractivity contribution in [3.8, 4) is 11.5 Å². The molecular weight excluding hydrogens is 293 g/mol. The average Bonchev–Trinajstić information content (AvgIpc) is 2.44. The van der Waals surface area contributed by atoms with Gasteiger partial charge in [0.15, 0.2) is 5.11 Å². The highest BCUT2D eigenvalue weighted by Gasteiger charge is 2.00. The summed E-state index contributed by atoms with van der Waals surface area (Å²) in [6, 6.07) is 9.84. The molecule has 2 aromatic rings. The summed E-state index contributed by atoms with van der Waals surface area (Å²) in [5, 5.41) is 25.6. The Hall–Kier alpha value is -2.67. The van der Waals surface area contributed by atoms with Gasteiger partial charge in [0.25, 0.3) is 0 Å². The second-order valence-corrected chi connectivity index (χ2v) is 4.48. The van der Waals surface area contributed by atoms with Crippen LogP contribution in [0.15, 0.2) is 47.6 Å². The molecule has 0 saturated carbocycles. The summed E-state index contributed by atoms with van der Waals surface area (Å²) < 4.78 is 12.7. The second kappa shape index (κ2) is 6.67. The minimum absolute atomic E-state index is 0.0360. The summed E-state index contributed by atoms with van der Waals surface area (Å²) in [6.07, 6.45) is 1.35. The Bertz CT molecular complexity index is 674. The lowest BCUT2D eigenvalue weighted by Crippen LogP contribution is -2.23. The van der Waals surface area contributed by atoms with E-state index in [2.05, 4.69) is 15.8 Å². The first-order chi connectivity index (χ1) is 10.0. The van der Waals surface area contributed by atoms with Gasteiger partial charge in [-0.25, -0.2) is 4.39 Å². The van der Waals surface area contributed by atoms with Crippen LogP contribution in [-0.2, 0) is 0 Å². The number of benzene rings is 2. The van der Waals surface area contributed by atoms with E-state index in [1.54, 1.807) is 12.1 Å². The number of phenols is 2. The van der Waals surface area contributed by atoms with Crippen molar-refractivity contribution < 1.29 is 14.6 Å². The maximum absolute atomic E-state index is 12.7. The number of hydrogen-bond acceptors (Lipinski definition) is 4. The topological polar surface area (TPSA) is 76.9 Å². The predicted molar refractivity (Wildman–Crippen MR) is 83.1 cm³/mol. The monoisotopic (exact) mass is 305 g/mol. The van der Waals surface area contributed by atoms with Crippen molar-refractivity contribution in [3.05, 3.63) is 53.8 Å². The standard InChI is InChI=1S/C14H12FN3O2S/c15-10-2-4-11(5-3-10)17-14(21)18-16-8-9-1-6-12(19)7-13(9)20/h1-8,19-20H,(H2,17,18,21)/b16-8+. The number of rotatable bonds is 3. The van der Waals surface area contributed by atoms with Crippen LogP contribution in [0.2, 0.25) is 0 Å². The highest BCUT2D eigenvalue weighted by atomic mass is 32.1. The molecule has 0 aliphatic rings. The number of nitrogens with zero attached hydrogens (tertiary/aromatic N) is 1. The van der Waals surface area contributed by atoms with Crippen LogP contribution in [0.3, 0.4) is 0 Å². The van der Waals surface area contributed by atoms with Crippen molar-refractivity contribution in [1.29, 1.82) is 0 Å². The van der Waals surface area contributed by atoms with Crippen molar-refractivity contribution >= 4 is 29.2 Å².